The zero-order chi connectivity index (χ0) is 22.0. The van der Waals surface area contributed by atoms with Gasteiger partial charge in [-0.2, -0.15) is 5.10 Å². The van der Waals surface area contributed by atoms with Crippen LogP contribution in [-0.2, 0) is 12.0 Å². The first-order valence-electron chi connectivity index (χ1n) is 11.5. The van der Waals surface area contributed by atoms with E-state index in [2.05, 4.69) is 90.9 Å². The second-order valence-electron chi connectivity index (χ2n) is 9.78. The normalized spacial score (nSPS) is 15.6. The number of aromatic nitrogens is 2. The van der Waals surface area contributed by atoms with Gasteiger partial charge < -0.3 is 4.90 Å². The van der Waals surface area contributed by atoms with Crippen LogP contribution in [0.5, 0.6) is 0 Å². The molecule has 0 spiro atoms. The number of anilines is 1. The van der Waals surface area contributed by atoms with E-state index in [0.717, 1.165) is 45.6 Å². The van der Waals surface area contributed by atoms with E-state index in [1.807, 2.05) is 0 Å². The molecule has 0 amide bonds. The third-order valence-electron chi connectivity index (χ3n) is 6.30. The largest absolute Gasteiger partial charge is 0.369 e. The standard InChI is InChI=1S/C26H36N4S/c1-20-10-11-23(18-21(20)2)29-15-13-28(14-16-29)12-6-8-22-19-24(25-9-7-17-31-25)30(27-22)26(3,4)5/h7,9-11,17-19H,6,8,12-16H2,1-5H3. The minimum absolute atomic E-state index is 0.0117. The Bertz CT molecular complexity index is 989. The smallest absolute Gasteiger partial charge is 0.0791 e. The van der Waals surface area contributed by atoms with Crippen LogP contribution in [0.3, 0.4) is 0 Å². The summed E-state index contributed by atoms with van der Waals surface area (Å²) < 4.78 is 2.20. The molecule has 0 radical (unpaired) electrons. The van der Waals surface area contributed by atoms with Gasteiger partial charge in [0.2, 0.25) is 0 Å². The van der Waals surface area contributed by atoms with Gasteiger partial charge in [0.1, 0.15) is 0 Å². The fraction of sp³-hybridized carbons (Fsp3) is 0.500. The molecule has 2 aromatic heterocycles. The molecule has 0 atom stereocenters. The number of aryl methyl sites for hydroxylation is 3. The van der Waals surface area contributed by atoms with Crippen LogP contribution in [0.2, 0.25) is 0 Å². The lowest BCUT2D eigenvalue weighted by Gasteiger charge is -2.36. The summed E-state index contributed by atoms with van der Waals surface area (Å²) in [6.07, 6.45) is 2.20. The van der Waals surface area contributed by atoms with Crippen LogP contribution in [0.1, 0.15) is 44.0 Å². The van der Waals surface area contributed by atoms with Crippen molar-refractivity contribution in [2.75, 3.05) is 37.6 Å². The molecule has 0 aliphatic carbocycles. The molecule has 0 saturated carbocycles. The van der Waals surface area contributed by atoms with E-state index >= 15 is 0 Å². The lowest BCUT2D eigenvalue weighted by molar-refractivity contribution is 0.254. The van der Waals surface area contributed by atoms with Gasteiger partial charge in [0.25, 0.3) is 0 Å². The average Bonchev–Trinajstić information content (AvgIpc) is 3.40. The molecular formula is C26H36N4S. The van der Waals surface area contributed by atoms with E-state index in [-0.39, 0.29) is 5.54 Å². The molecule has 1 aromatic carbocycles. The summed E-state index contributed by atoms with van der Waals surface area (Å²) in [4.78, 5) is 6.44. The fourth-order valence-electron chi connectivity index (χ4n) is 4.30. The minimum atomic E-state index is -0.0117. The van der Waals surface area contributed by atoms with Crippen LogP contribution in [0.25, 0.3) is 10.6 Å². The highest BCUT2D eigenvalue weighted by Crippen LogP contribution is 2.30. The number of hydrogen-bond donors (Lipinski definition) is 0. The highest BCUT2D eigenvalue weighted by molar-refractivity contribution is 7.13. The van der Waals surface area contributed by atoms with Crippen molar-refractivity contribution in [2.45, 2.75) is 53.0 Å². The monoisotopic (exact) mass is 436 g/mol. The van der Waals surface area contributed by atoms with Crippen LogP contribution in [-0.4, -0.2) is 47.4 Å². The first-order chi connectivity index (χ1) is 14.8. The molecule has 31 heavy (non-hydrogen) atoms. The van der Waals surface area contributed by atoms with Crippen molar-refractivity contribution in [3.8, 4) is 10.6 Å². The molecular weight excluding hydrogens is 400 g/mol. The Hall–Kier alpha value is -2.11. The number of hydrogen-bond acceptors (Lipinski definition) is 4. The van der Waals surface area contributed by atoms with E-state index < -0.39 is 0 Å². The van der Waals surface area contributed by atoms with Crippen LogP contribution in [0.15, 0.2) is 41.8 Å². The maximum atomic E-state index is 4.98. The number of piperazine rings is 1. The predicted octanol–water partition coefficient (Wildman–Crippen LogP) is 5.74. The molecule has 1 fully saturated rings. The maximum Gasteiger partial charge on any atom is 0.0791 e. The van der Waals surface area contributed by atoms with Crippen molar-refractivity contribution < 1.29 is 0 Å². The number of benzene rings is 1. The Kier molecular flexibility index (Phi) is 6.54. The SMILES string of the molecule is Cc1ccc(N2CCN(CCCc3cc(-c4cccs4)n(C(C)(C)C)n3)CC2)cc1C. The van der Waals surface area contributed by atoms with Crippen molar-refractivity contribution >= 4 is 17.0 Å². The summed E-state index contributed by atoms with van der Waals surface area (Å²) in [5.74, 6) is 0. The molecule has 3 aromatic rings. The van der Waals surface area contributed by atoms with Crippen molar-refractivity contribution in [2.24, 2.45) is 0 Å². The van der Waals surface area contributed by atoms with Gasteiger partial charge >= 0.3 is 0 Å². The van der Waals surface area contributed by atoms with Crippen LogP contribution in [0.4, 0.5) is 5.69 Å². The summed E-state index contributed by atoms with van der Waals surface area (Å²) in [7, 11) is 0. The molecule has 3 heterocycles. The molecule has 1 aliphatic rings. The Morgan fingerprint density at radius 3 is 2.39 bits per heavy atom. The van der Waals surface area contributed by atoms with Gasteiger partial charge in [0.05, 0.1) is 21.8 Å². The first-order valence-corrected chi connectivity index (χ1v) is 12.4. The Labute approximate surface area is 191 Å². The van der Waals surface area contributed by atoms with Gasteiger partial charge in [0, 0.05) is 31.9 Å². The van der Waals surface area contributed by atoms with Crippen LogP contribution in [0, 0.1) is 13.8 Å². The Balaban J connectivity index is 1.31. The van der Waals surface area contributed by atoms with Gasteiger partial charge in [-0.25, -0.2) is 0 Å². The second kappa shape index (κ2) is 9.17. The fourth-order valence-corrected chi connectivity index (χ4v) is 5.03. The quantitative estimate of drug-likeness (QED) is 0.492. The third kappa shape index (κ3) is 5.21. The molecule has 0 N–H and O–H groups in total. The lowest BCUT2D eigenvalue weighted by Crippen LogP contribution is -2.46. The molecule has 4 nitrogen and oxygen atoms in total. The summed E-state index contributed by atoms with van der Waals surface area (Å²) in [6.45, 7) is 16.8. The lowest BCUT2D eigenvalue weighted by atomic mass is 10.1. The Morgan fingerprint density at radius 1 is 0.968 bits per heavy atom. The van der Waals surface area contributed by atoms with Gasteiger partial charge in [-0.3, -0.25) is 9.58 Å². The molecule has 1 saturated heterocycles. The van der Waals surface area contributed by atoms with E-state index in [0.29, 0.717) is 0 Å². The zero-order valence-corrected chi connectivity index (χ0v) is 20.5. The van der Waals surface area contributed by atoms with E-state index in [9.17, 15) is 0 Å². The highest BCUT2D eigenvalue weighted by atomic mass is 32.1. The van der Waals surface area contributed by atoms with E-state index in [1.54, 1.807) is 11.3 Å². The van der Waals surface area contributed by atoms with E-state index in [1.165, 1.54) is 33.1 Å². The van der Waals surface area contributed by atoms with Crippen molar-refractivity contribution in [3.05, 3.63) is 58.6 Å². The predicted molar refractivity (Wildman–Crippen MR) is 133 cm³/mol. The molecule has 0 bridgehead atoms. The molecule has 166 valence electrons. The van der Waals surface area contributed by atoms with Crippen molar-refractivity contribution in [3.63, 3.8) is 0 Å². The third-order valence-corrected chi connectivity index (χ3v) is 7.20. The number of rotatable bonds is 6. The number of thiophene rings is 1. The Morgan fingerprint density at radius 2 is 1.74 bits per heavy atom. The summed E-state index contributed by atoms with van der Waals surface area (Å²) in [5, 5.41) is 7.13. The van der Waals surface area contributed by atoms with Crippen molar-refractivity contribution in [1.29, 1.82) is 0 Å². The second-order valence-corrected chi connectivity index (χ2v) is 10.7. The van der Waals surface area contributed by atoms with E-state index in [4.69, 9.17) is 5.10 Å². The summed E-state index contributed by atoms with van der Waals surface area (Å²) in [5.41, 5.74) is 6.58. The van der Waals surface area contributed by atoms with Crippen LogP contribution >= 0.6 is 11.3 Å². The number of nitrogens with zero attached hydrogens (tertiary/aromatic N) is 4. The molecule has 4 rings (SSSR count). The average molecular weight is 437 g/mol. The molecule has 0 unspecified atom stereocenters. The first kappa shape index (κ1) is 22.1. The highest BCUT2D eigenvalue weighted by Gasteiger charge is 2.22. The van der Waals surface area contributed by atoms with Crippen molar-refractivity contribution in [1.82, 2.24) is 14.7 Å². The minimum Gasteiger partial charge on any atom is -0.369 e. The molecule has 1 aliphatic heterocycles. The van der Waals surface area contributed by atoms with Gasteiger partial charge in [-0.15, -0.1) is 11.3 Å². The maximum absolute atomic E-state index is 4.98. The van der Waals surface area contributed by atoms with Gasteiger partial charge in [0.15, 0.2) is 0 Å². The van der Waals surface area contributed by atoms with Gasteiger partial charge in [-0.1, -0.05) is 12.1 Å². The van der Waals surface area contributed by atoms with Crippen LogP contribution < -0.4 is 4.90 Å². The zero-order valence-electron chi connectivity index (χ0n) is 19.7. The van der Waals surface area contributed by atoms with Gasteiger partial charge in [-0.05, 0) is 94.8 Å². The molecule has 5 heteroatoms. The summed E-state index contributed by atoms with van der Waals surface area (Å²) in [6, 6.07) is 13.5. The summed E-state index contributed by atoms with van der Waals surface area (Å²) >= 11 is 1.79. The topological polar surface area (TPSA) is 24.3 Å².